The minimum Gasteiger partial charge on any atom is -0.328 e. The molecular formula is C23H23F2N3OS. The summed E-state index contributed by atoms with van der Waals surface area (Å²) in [6, 6.07) is 11.4. The number of nitrogens with two attached hydrogens (primary N) is 1. The first-order chi connectivity index (χ1) is 14.5. The van der Waals surface area contributed by atoms with Gasteiger partial charge in [0.2, 0.25) is 5.91 Å². The zero-order chi connectivity index (χ0) is 20.9. The third-order valence-corrected chi connectivity index (χ3v) is 7.82. The lowest BCUT2D eigenvalue weighted by molar-refractivity contribution is -0.139. The maximum atomic E-state index is 14.6. The molecule has 2 aliphatic carbocycles. The highest BCUT2D eigenvalue weighted by Gasteiger charge is 2.52. The van der Waals surface area contributed by atoms with Crippen LogP contribution in [0.1, 0.15) is 48.8 Å². The van der Waals surface area contributed by atoms with E-state index in [0.29, 0.717) is 17.9 Å². The minimum atomic E-state index is -0.729. The fourth-order valence-electron chi connectivity index (χ4n) is 4.90. The van der Waals surface area contributed by atoms with Crippen molar-refractivity contribution >= 4 is 22.7 Å². The van der Waals surface area contributed by atoms with E-state index in [1.54, 1.807) is 5.01 Å². The number of hydrogen-bond donors (Lipinski definition) is 1. The van der Waals surface area contributed by atoms with Gasteiger partial charge in [-0.25, -0.2) is 13.8 Å². The molecule has 1 unspecified atom stereocenters. The van der Waals surface area contributed by atoms with Crippen LogP contribution in [0.15, 0.2) is 47.6 Å². The van der Waals surface area contributed by atoms with Gasteiger partial charge in [0, 0.05) is 17.5 Å². The van der Waals surface area contributed by atoms with Gasteiger partial charge in [-0.1, -0.05) is 36.0 Å². The van der Waals surface area contributed by atoms with Crippen LogP contribution < -0.4 is 5.73 Å². The summed E-state index contributed by atoms with van der Waals surface area (Å²) in [4.78, 5) is 12.9. The lowest BCUT2D eigenvalue weighted by atomic mass is 9.86. The Bertz CT molecular complexity index is 1040. The minimum absolute atomic E-state index is 0.0212. The second-order valence-corrected chi connectivity index (χ2v) is 9.61. The number of carbonyl (C=O) groups excluding carboxylic acids is 1. The van der Waals surface area contributed by atoms with Crippen molar-refractivity contribution in [2.45, 2.75) is 49.4 Å². The first-order valence-corrected chi connectivity index (χ1v) is 11.2. The number of benzene rings is 2. The number of amides is 1. The number of rotatable bonds is 2. The number of carbonyl (C=O) groups is 1. The SMILES string of the molecule is N[C@H]1CC[C@@H](C(=O)N2N=C(c3cc(F)ccc3F)SC23CCCc2ccccc23)C1. The van der Waals surface area contributed by atoms with Crippen molar-refractivity contribution in [1.29, 1.82) is 0 Å². The molecule has 156 valence electrons. The lowest BCUT2D eigenvalue weighted by Gasteiger charge is -2.40. The van der Waals surface area contributed by atoms with E-state index < -0.39 is 16.5 Å². The van der Waals surface area contributed by atoms with E-state index in [4.69, 9.17) is 5.73 Å². The van der Waals surface area contributed by atoms with E-state index in [0.717, 1.165) is 49.4 Å². The molecule has 0 radical (unpaired) electrons. The number of fused-ring (bicyclic) bond motifs is 2. The Morgan fingerprint density at radius 3 is 2.83 bits per heavy atom. The summed E-state index contributed by atoms with van der Waals surface area (Å²) in [6.07, 6.45) is 4.72. The van der Waals surface area contributed by atoms with E-state index in [2.05, 4.69) is 11.2 Å². The Labute approximate surface area is 178 Å². The van der Waals surface area contributed by atoms with Gasteiger partial charge >= 0.3 is 0 Å². The standard InChI is InChI=1S/C23H23F2N3OS/c24-16-8-10-20(25)18(13-16)21-27-28(22(29)15-7-9-17(26)12-15)23(30-21)11-3-5-14-4-1-2-6-19(14)23/h1-2,4,6,8,10,13,15,17H,3,5,7,9,11-12,26H2/t15-,17+,23?/m1/s1. The van der Waals surface area contributed by atoms with Crippen molar-refractivity contribution in [2.75, 3.05) is 0 Å². The quantitative estimate of drug-likeness (QED) is 0.767. The molecule has 5 rings (SSSR count). The lowest BCUT2D eigenvalue weighted by Crippen LogP contribution is -2.45. The third kappa shape index (κ3) is 3.15. The maximum Gasteiger partial charge on any atom is 0.247 e. The molecule has 2 N–H and O–H groups in total. The van der Waals surface area contributed by atoms with E-state index >= 15 is 0 Å². The molecule has 0 saturated heterocycles. The van der Waals surface area contributed by atoms with Gasteiger partial charge in [-0.15, -0.1) is 0 Å². The Balaban J connectivity index is 1.62. The van der Waals surface area contributed by atoms with E-state index in [1.165, 1.54) is 17.3 Å². The van der Waals surface area contributed by atoms with E-state index in [9.17, 15) is 13.6 Å². The average Bonchev–Trinajstić information content (AvgIpc) is 3.34. The van der Waals surface area contributed by atoms with Gasteiger partial charge in [0.1, 0.15) is 21.5 Å². The summed E-state index contributed by atoms with van der Waals surface area (Å²) in [5, 5.41) is 6.54. The zero-order valence-electron chi connectivity index (χ0n) is 16.5. The summed E-state index contributed by atoms with van der Waals surface area (Å²) >= 11 is 1.37. The van der Waals surface area contributed by atoms with Crippen LogP contribution >= 0.6 is 11.8 Å². The summed E-state index contributed by atoms with van der Waals surface area (Å²) < 4.78 is 28.5. The first-order valence-electron chi connectivity index (χ1n) is 10.4. The molecule has 7 heteroatoms. The van der Waals surface area contributed by atoms with Crippen LogP contribution in [0.3, 0.4) is 0 Å². The molecule has 4 nitrogen and oxygen atoms in total. The third-order valence-electron chi connectivity index (χ3n) is 6.39. The Morgan fingerprint density at radius 2 is 2.03 bits per heavy atom. The largest absolute Gasteiger partial charge is 0.328 e. The van der Waals surface area contributed by atoms with Gasteiger partial charge < -0.3 is 5.73 Å². The van der Waals surface area contributed by atoms with Crippen molar-refractivity contribution in [3.63, 3.8) is 0 Å². The molecule has 3 aliphatic rings. The molecule has 1 aliphatic heterocycles. The monoisotopic (exact) mass is 427 g/mol. The molecule has 2 aromatic carbocycles. The average molecular weight is 428 g/mol. The van der Waals surface area contributed by atoms with E-state index in [1.807, 2.05) is 18.2 Å². The van der Waals surface area contributed by atoms with E-state index in [-0.39, 0.29) is 23.4 Å². The topological polar surface area (TPSA) is 58.7 Å². The van der Waals surface area contributed by atoms with Crippen LogP contribution in [0.5, 0.6) is 0 Å². The highest BCUT2D eigenvalue weighted by molar-refractivity contribution is 8.15. The molecule has 1 saturated carbocycles. The highest BCUT2D eigenvalue weighted by Crippen LogP contribution is 2.54. The number of aryl methyl sites for hydroxylation is 1. The van der Waals surface area contributed by atoms with Gasteiger partial charge in [-0.05, 0) is 67.9 Å². The van der Waals surface area contributed by atoms with Gasteiger partial charge in [-0.3, -0.25) is 4.79 Å². The second kappa shape index (κ2) is 7.46. The van der Waals surface area contributed by atoms with Crippen LogP contribution in [-0.4, -0.2) is 22.0 Å². The van der Waals surface area contributed by atoms with Crippen molar-refractivity contribution < 1.29 is 13.6 Å². The van der Waals surface area contributed by atoms with Crippen LogP contribution in [-0.2, 0) is 16.1 Å². The fraction of sp³-hybridized carbons (Fsp3) is 0.391. The van der Waals surface area contributed by atoms with Gasteiger partial charge in [0.25, 0.3) is 0 Å². The van der Waals surface area contributed by atoms with Crippen LogP contribution in [0.2, 0.25) is 0 Å². The summed E-state index contributed by atoms with van der Waals surface area (Å²) in [6.45, 7) is 0. The molecule has 30 heavy (non-hydrogen) atoms. The molecular weight excluding hydrogens is 404 g/mol. The Hall–Kier alpha value is -2.25. The summed E-state index contributed by atoms with van der Waals surface area (Å²) in [7, 11) is 0. The zero-order valence-corrected chi connectivity index (χ0v) is 17.3. The molecule has 1 heterocycles. The van der Waals surface area contributed by atoms with Crippen LogP contribution in [0.4, 0.5) is 8.78 Å². The number of thioether (sulfide) groups is 1. The van der Waals surface area contributed by atoms with Gasteiger partial charge in [0.15, 0.2) is 0 Å². The summed E-state index contributed by atoms with van der Waals surface area (Å²) in [5.74, 6) is -1.33. The van der Waals surface area contributed by atoms with Crippen molar-refractivity contribution in [3.05, 3.63) is 70.8 Å². The molecule has 1 fully saturated rings. The predicted octanol–water partition coefficient (Wildman–Crippen LogP) is 4.52. The predicted molar refractivity (Wildman–Crippen MR) is 114 cm³/mol. The van der Waals surface area contributed by atoms with Crippen molar-refractivity contribution in [1.82, 2.24) is 5.01 Å². The second-order valence-electron chi connectivity index (χ2n) is 8.35. The first kappa shape index (κ1) is 19.7. The van der Waals surface area contributed by atoms with Crippen LogP contribution in [0.25, 0.3) is 0 Å². The smallest absolute Gasteiger partial charge is 0.247 e. The van der Waals surface area contributed by atoms with Crippen molar-refractivity contribution in [2.24, 2.45) is 16.8 Å². The number of halogens is 2. The van der Waals surface area contributed by atoms with Gasteiger partial charge in [0.05, 0.1) is 0 Å². The molecule has 1 amide bonds. The number of nitrogens with zero attached hydrogens (tertiary/aromatic N) is 2. The fourth-order valence-corrected chi connectivity index (χ4v) is 6.39. The molecule has 2 aromatic rings. The summed E-state index contributed by atoms with van der Waals surface area (Å²) in [5.41, 5.74) is 8.37. The molecule has 3 atom stereocenters. The molecule has 0 bridgehead atoms. The maximum absolute atomic E-state index is 14.6. The Kier molecular flexibility index (Phi) is 4.90. The number of hydrazone groups is 1. The van der Waals surface area contributed by atoms with Crippen molar-refractivity contribution in [3.8, 4) is 0 Å². The van der Waals surface area contributed by atoms with Gasteiger partial charge in [-0.2, -0.15) is 5.10 Å². The normalized spacial score (nSPS) is 28.0. The Morgan fingerprint density at radius 1 is 1.20 bits per heavy atom. The number of hydrogen-bond acceptors (Lipinski definition) is 4. The molecule has 1 spiro atoms. The highest BCUT2D eigenvalue weighted by atomic mass is 32.2. The molecule has 0 aromatic heterocycles. The van der Waals surface area contributed by atoms with Crippen LogP contribution in [0, 0.1) is 17.6 Å².